The molecule has 118 valence electrons. The van der Waals surface area contributed by atoms with Crippen LogP contribution in [0.3, 0.4) is 0 Å². The standard InChI is InChI=1S/C20H22N2O/c1-3-9-15(10-4-1)19-17-13-7-8-14-18(17)22-20(23-19)21-16-11-5-2-6-12-16/h1-6,9-12,17-19H,7-8,13-14H2,(H,21,22)/t17-,18+,19-/m1/s1. The van der Waals surface area contributed by atoms with Gasteiger partial charge < -0.3 is 10.1 Å². The van der Waals surface area contributed by atoms with Crippen molar-refractivity contribution in [2.75, 3.05) is 5.32 Å². The van der Waals surface area contributed by atoms with Gasteiger partial charge in [-0.25, -0.2) is 4.99 Å². The Labute approximate surface area is 137 Å². The molecule has 23 heavy (non-hydrogen) atoms. The predicted molar refractivity (Wildman–Crippen MR) is 93.5 cm³/mol. The van der Waals surface area contributed by atoms with Crippen LogP contribution in [-0.4, -0.2) is 12.1 Å². The van der Waals surface area contributed by atoms with Crippen LogP contribution >= 0.6 is 0 Å². The number of benzene rings is 2. The van der Waals surface area contributed by atoms with Crippen molar-refractivity contribution in [3.8, 4) is 0 Å². The first-order valence-electron chi connectivity index (χ1n) is 8.51. The lowest BCUT2D eigenvalue weighted by Crippen LogP contribution is -2.38. The van der Waals surface area contributed by atoms with Crippen LogP contribution in [0.4, 0.5) is 5.69 Å². The highest BCUT2D eigenvalue weighted by Crippen LogP contribution is 2.41. The van der Waals surface area contributed by atoms with Crippen LogP contribution in [0.5, 0.6) is 0 Å². The quantitative estimate of drug-likeness (QED) is 0.866. The van der Waals surface area contributed by atoms with Crippen molar-refractivity contribution in [3.63, 3.8) is 0 Å². The van der Waals surface area contributed by atoms with Gasteiger partial charge in [-0.1, -0.05) is 61.4 Å². The Morgan fingerprint density at radius 3 is 2.35 bits per heavy atom. The van der Waals surface area contributed by atoms with Crippen LogP contribution in [-0.2, 0) is 4.74 Å². The summed E-state index contributed by atoms with van der Waals surface area (Å²) in [5.41, 5.74) is 2.28. The minimum absolute atomic E-state index is 0.102. The summed E-state index contributed by atoms with van der Waals surface area (Å²) < 4.78 is 6.28. The summed E-state index contributed by atoms with van der Waals surface area (Å²) in [6.45, 7) is 0. The summed E-state index contributed by atoms with van der Waals surface area (Å²) in [7, 11) is 0. The molecule has 2 aliphatic rings. The molecule has 2 aromatic carbocycles. The fourth-order valence-corrected chi connectivity index (χ4v) is 3.71. The summed E-state index contributed by atoms with van der Waals surface area (Å²) in [4.78, 5) is 4.86. The number of nitrogens with one attached hydrogen (secondary N) is 1. The first kappa shape index (κ1) is 14.3. The second kappa shape index (κ2) is 6.45. The van der Waals surface area contributed by atoms with Gasteiger partial charge in [-0.2, -0.15) is 0 Å². The predicted octanol–water partition coefficient (Wildman–Crippen LogP) is 4.78. The molecule has 1 N–H and O–H groups in total. The van der Waals surface area contributed by atoms with Crippen molar-refractivity contribution < 1.29 is 4.74 Å². The van der Waals surface area contributed by atoms with Crippen molar-refractivity contribution in [3.05, 3.63) is 66.2 Å². The summed E-state index contributed by atoms with van der Waals surface area (Å²) in [6, 6.07) is 21.7. The van der Waals surface area contributed by atoms with E-state index in [-0.39, 0.29) is 6.10 Å². The van der Waals surface area contributed by atoms with Crippen LogP contribution in [0.2, 0.25) is 0 Å². The average molecular weight is 306 g/mol. The van der Waals surface area contributed by atoms with E-state index in [0.29, 0.717) is 18.0 Å². The minimum Gasteiger partial charge on any atom is -0.456 e. The SMILES string of the molecule is c1ccc(NC2=N[C@H]3CCCC[C@H]3[C@@H](c3ccccc3)O2)cc1. The fourth-order valence-electron chi connectivity index (χ4n) is 3.71. The molecule has 1 heterocycles. The molecule has 0 bridgehead atoms. The van der Waals surface area contributed by atoms with Gasteiger partial charge in [0, 0.05) is 11.6 Å². The smallest absolute Gasteiger partial charge is 0.290 e. The summed E-state index contributed by atoms with van der Waals surface area (Å²) in [6.07, 6.45) is 5.02. The van der Waals surface area contributed by atoms with Gasteiger partial charge >= 0.3 is 0 Å². The Hall–Kier alpha value is -2.29. The molecule has 0 saturated heterocycles. The third kappa shape index (κ3) is 3.09. The van der Waals surface area contributed by atoms with Crippen molar-refractivity contribution in [2.24, 2.45) is 10.9 Å². The Balaban J connectivity index is 1.62. The summed E-state index contributed by atoms with van der Waals surface area (Å²) >= 11 is 0. The molecule has 0 aromatic heterocycles. The zero-order valence-corrected chi connectivity index (χ0v) is 13.2. The molecule has 1 aliphatic carbocycles. The number of hydrogen-bond donors (Lipinski definition) is 1. The Kier molecular flexibility index (Phi) is 4.01. The van der Waals surface area contributed by atoms with Gasteiger partial charge in [0.25, 0.3) is 6.02 Å². The lowest BCUT2D eigenvalue weighted by Gasteiger charge is -2.39. The monoisotopic (exact) mass is 306 g/mol. The van der Waals surface area contributed by atoms with Gasteiger partial charge in [-0.05, 0) is 30.5 Å². The van der Waals surface area contributed by atoms with E-state index in [9.17, 15) is 0 Å². The summed E-state index contributed by atoms with van der Waals surface area (Å²) in [5, 5.41) is 3.34. The normalized spacial score (nSPS) is 26.6. The lowest BCUT2D eigenvalue weighted by atomic mass is 9.78. The zero-order chi connectivity index (χ0) is 15.5. The van der Waals surface area contributed by atoms with E-state index in [1.165, 1.54) is 24.8 Å². The molecule has 1 fully saturated rings. The van der Waals surface area contributed by atoms with Crippen LogP contribution in [0.25, 0.3) is 0 Å². The molecular formula is C20H22N2O. The van der Waals surface area contributed by atoms with E-state index in [0.717, 1.165) is 12.1 Å². The number of amidine groups is 1. The first-order chi connectivity index (χ1) is 11.4. The van der Waals surface area contributed by atoms with Gasteiger partial charge in [0.1, 0.15) is 6.10 Å². The maximum Gasteiger partial charge on any atom is 0.290 e. The fraction of sp³-hybridized carbons (Fsp3) is 0.350. The van der Waals surface area contributed by atoms with Gasteiger partial charge in [0.05, 0.1) is 6.04 Å². The number of ether oxygens (including phenoxy) is 1. The van der Waals surface area contributed by atoms with Gasteiger partial charge in [0.2, 0.25) is 0 Å². The maximum atomic E-state index is 6.28. The number of para-hydroxylation sites is 1. The van der Waals surface area contributed by atoms with E-state index in [2.05, 4.69) is 35.6 Å². The maximum absolute atomic E-state index is 6.28. The van der Waals surface area contributed by atoms with Crippen molar-refractivity contribution in [2.45, 2.75) is 37.8 Å². The number of nitrogens with zero attached hydrogens (tertiary/aromatic N) is 1. The third-order valence-electron chi connectivity index (χ3n) is 4.85. The van der Waals surface area contributed by atoms with Crippen molar-refractivity contribution in [1.82, 2.24) is 0 Å². The van der Waals surface area contributed by atoms with Crippen molar-refractivity contribution in [1.29, 1.82) is 0 Å². The number of fused-ring (bicyclic) bond motifs is 1. The number of aliphatic imine (C=N–C) groups is 1. The second-order valence-electron chi connectivity index (χ2n) is 6.39. The Morgan fingerprint density at radius 2 is 1.57 bits per heavy atom. The van der Waals surface area contributed by atoms with Crippen molar-refractivity contribution >= 4 is 11.7 Å². The molecule has 2 aromatic rings. The van der Waals surface area contributed by atoms with Gasteiger partial charge in [0.15, 0.2) is 0 Å². The summed E-state index contributed by atoms with van der Waals surface area (Å²) in [5.74, 6) is 0.493. The van der Waals surface area contributed by atoms with Crippen LogP contribution in [0.15, 0.2) is 65.7 Å². The van der Waals surface area contributed by atoms with E-state index in [4.69, 9.17) is 9.73 Å². The number of anilines is 1. The van der Waals surface area contributed by atoms with Crippen LogP contribution in [0, 0.1) is 5.92 Å². The van der Waals surface area contributed by atoms with E-state index in [1.54, 1.807) is 0 Å². The number of rotatable bonds is 2. The largest absolute Gasteiger partial charge is 0.456 e. The molecule has 1 aliphatic heterocycles. The molecule has 0 amide bonds. The molecule has 0 spiro atoms. The second-order valence-corrected chi connectivity index (χ2v) is 6.39. The highest BCUT2D eigenvalue weighted by molar-refractivity contribution is 5.89. The average Bonchev–Trinajstić information content (AvgIpc) is 2.63. The molecular weight excluding hydrogens is 284 g/mol. The molecule has 3 atom stereocenters. The molecule has 0 unspecified atom stereocenters. The molecule has 3 nitrogen and oxygen atoms in total. The van der Waals surface area contributed by atoms with Gasteiger partial charge in [-0.3, -0.25) is 0 Å². The Bertz CT molecular complexity index is 669. The molecule has 3 heteroatoms. The molecule has 0 radical (unpaired) electrons. The highest BCUT2D eigenvalue weighted by atomic mass is 16.5. The topological polar surface area (TPSA) is 33.6 Å². The van der Waals surface area contributed by atoms with Gasteiger partial charge in [-0.15, -0.1) is 0 Å². The zero-order valence-electron chi connectivity index (χ0n) is 13.2. The third-order valence-corrected chi connectivity index (χ3v) is 4.85. The Morgan fingerprint density at radius 1 is 0.870 bits per heavy atom. The van der Waals surface area contributed by atoms with Crippen LogP contribution in [0.1, 0.15) is 37.4 Å². The first-order valence-corrected chi connectivity index (χ1v) is 8.51. The highest BCUT2D eigenvalue weighted by Gasteiger charge is 2.38. The molecule has 1 saturated carbocycles. The van der Waals surface area contributed by atoms with E-state index in [1.807, 2.05) is 30.3 Å². The minimum atomic E-state index is 0.102. The molecule has 4 rings (SSSR count). The van der Waals surface area contributed by atoms with E-state index < -0.39 is 0 Å². The number of hydrogen-bond acceptors (Lipinski definition) is 3. The van der Waals surface area contributed by atoms with Crippen LogP contribution < -0.4 is 5.32 Å². The lowest BCUT2D eigenvalue weighted by molar-refractivity contribution is 0.0628. The van der Waals surface area contributed by atoms with E-state index >= 15 is 0 Å².